The molecule has 7 nitrogen and oxygen atoms in total. The van der Waals surface area contributed by atoms with Crippen molar-refractivity contribution in [2.75, 3.05) is 52.6 Å². The second-order valence-electron chi connectivity index (χ2n) is 9.22. The van der Waals surface area contributed by atoms with Gasteiger partial charge in [0.25, 0.3) is 0 Å². The van der Waals surface area contributed by atoms with Crippen LogP contribution in [-0.2, 0) is 16.0 Å². The van der Waals surface area contributed by atoms with Crippen LogP contribution in [0.1, 0.15) is 44.7 Å². The molecule has 2 fully saturated rings. The summed E-state index contributed by atoms with van der Waals surface area (Å²) >= 11 is 0. The van der Waals surface area contributed by atoms with Crippen molar-refractivity contribution in [2.24, 2.45) is 10.9 Å². The van der Waals surface area contributed by atoms with Crippen LogP contribution < -0.4 is 15.4 Å². The van der Waals surface area contributed by atoms with Gasteiger partial charge in [-0.25, -0.2) is 4.99 Å². The van der Waals surface area contributed by atoms with Crippen molar-refractivity contribution in [1.29, 1.82) is 0 Å². The number of ether oxygens (including phenoxy) is 3. The van der Waals surface area contributed by atoms with Crippen LogP contribution in [0.15, 0.2) is 23.2 Å². The van der Waals surface area contributed by atoms with Gasteiger partial charge in [-0.15, -0.1) is 24.0 Å². The van der Waals surface area contributed by atoms with Crippen molar-refractivity contribution in [3.8, 4) is 5.75 Å². The zero-order chi connectivity index (χ0) is 22.8. The van der Waals surface area contributed by atoms with E-state index in [1.165, 1.54) is 5.56 Å². The minimum atomic E-state index is 0. The van der Waals surface area contributed by atoms with Gasteiger partial charge >= 0.3 is 0 Å². The van der Waals surface area contributed by atoms with Crippen LogP contribution in [0, 0.1) is 12.8 Å². The zero-order valence-corrected chi connectivity index (χ0v) is 23.1. The lowest BCUT2D eigenvalue weighted by atomic mass is 10.0. The van der Waals surface area contributed by atoms with Crippen LogP contribution in [0.4, 0.5) is 0 Å². The number of morpholine rings is 1. The molecule has 0 spiro atoms. The average Bonchev–Trinajstić information content (AvgIpc) is 3.29. The monoisotopic (exact) mass is 574 g/mol. The van der Waals surface area contributed by atoms with Gasteiger partial charge in [-0.1, -0.05) is 26.0 Å². The van der Waals surface area contributed by atoms with E-state index in [4.69, 9.17) is 19.2 Å². The van der Waals surface area contributed by atoms with Gasteiger partial charge in [-0.05, 0) is 37.8 Å². The number of hydrogen-bond donors (Lipinski definition) is 2. The summed E-state index contributed by atoms with van der Waals surface area (Å²) in [7, 11) is 0. The van der Waals surface area contributed by atoms with Crippen LogP contribution in [0.25, 0.3) is 0 Å². The predicted octanol–water partition coefficient (Wildman–Crippen LogP) is 3.58. The van der Waals surface area contributed by atoms with E-state index in [1.807, 2.05) is 0 Å². The van der Waals surface area contributed by atoms with Gasteiger partial charge in [0.05, 0.1) is 33.0 Å². The number of nitrogens with one attached hydrogen (secondary N) is 2. The van der Waals surface area contributed by atoms with E-state index in [9.17, 15) is 0 Å². The number of nitrogens with zero attached hydrogens (tertiary/aromatic N) is 2. The Labute approximate surface area is 217 Å². The molecule has 3 rings (SSSR count). The van der Waals surface area contributed by atoms with Crippen molar-refractivity contribution in [1.82, 2.24) is 15.5 Å². The molecule has 1 aromatic carbocycles. The number of guanidine groups is 1. The van der Waals surface area contributed by atoms with E-state index in [1.54, 1.807) is 0 Å². The highest BCUT2D eigenvalue weighted by molar-refractivity contribution is 14.0. The number of hydrogen-bond acceptors (Lipinski definition) is 5. The number of benzene rings is 1. The van der Waals surface area contributed by atoms with Gasteiger partial charge in [-0.2, -0.15) is 0 Å². The molecule has 2 unspecified atom stereocenters. The molecule has 0 radical (unpaired) electrons. The Kier molecular flexibility index (Phi) is 12.8. The number of rotatable bonds is 10. The van der Waals surface area contributed by atoms with Crippen LogP contribution in [0.5, 0.6) is 5.75 Å². The number of aryl methyl sites for hydroxylation is 1. The summed E-state index contributed by atoms with van der Waals surface area (Å²) in [5.74, 6) is 2.42. The number of halogens is 1. The van der Waals surface area contributed by atoms with E-state index in [0.717, 1.165) is 76.1 Å². The summed E-state index contributed by atoms with van der Waals surface area (Å²) < 4.78 is 17.3. The lowest BCUT2D eigenvalue weighted by Crippen LogP contribution is -2.51. The molecular weight excluding hydrogens is 531 g/mol. The molecule has 1 aromatic rings. The van der Waals surface area contributed by atoms with E-state index in [2.05, 4.69) is 61.4 Å². The molecule has 0 bridgehead atoms. The number of aliphatic imine (C=N–C) groups is 1. The maximum absolute atomic E-state index is 6.25. The molecule has 8 heteroatoms. The Hall–Kier alpha value is -1.10. The van der Waals surface area contributed by atoms with Gasteiger partial charge in [0.1, 0.15) is 11.9 Å². The first kappa shape index (κ1) is 28.1. The third-order valence-corrected chi connectivity index (χ3v) is 5.97. The smallest absolute Gasteiger partial charge is 0.191 e. The van der Waals surface area contributed by atoms with Crippen LogP contribution in [-0.4, -0.2) is 75.6 Å². The molecule has 33 heavy (non-hydrogen) atoms. The van der Waals surface area contributed by atoms with E-state index < -0.39 is 0 Å². The van der Waals surface area contributed by atoms with Crippen molar-refractivity contribution in [3.05, 3.63) is 29.3 Å². The molecule has 2 aliphatic heterocycles. The average molecular weight is 575 g/mol. The highest BCUT2D eigenvalue weighted by atomic mass is 127. The lowest BCUT2D eigenvalue weighted by Gasteiger charge is -2.35. The quantitative estimate of drug-likeness (QED) is 0.253. The summed E-state index contributed by atoms with van der Waals surface area (Å²) in [6, 6.07) is 6.84. The Bertz CT molecular complexity index is 720. The summed E-state index contributed by atoms with van der Waals surface area (Å²) in [5.41, 5.74) is 2.30. The first-order chi connectivity index (χ1) is 15.5. The fourth-order valence-corrected chi connectivity index (χ4v) is 4.26. The zero-order valence-electron chi connectivity index (χ0n) is 20.8. The molecule has 2 heterocycles. The Balaban J connectivity index is 0.00000385. The second kappa shape index (κ2) is 15.0. The van der Waals surface area contributed by atoms with Crippen LogP contribution >= 0.6 is 24.0 Å². The van der Waals surface area contributed by atoms with Crippen LogP contribution in [0.3, 0.4) is 0 Å². The molecule has 2 saturated heterocycles. The van der Waals surface area contributed by atoms with E-state index in [0.29, 0.717) is 25.1 Å². The fourth-order valence-electron chi connectivity index (χ4n) is 4.26. The van der Waals surface area contributed by atoms with Gasteiger partial charge in [-0.3, -0.25) is 4.90 Å². The standard InChI is InChI=1S/C25H42N4O3.HI/c1-5-26-25(28-17-22(14-19(2)3)29-9-12-30-13-10-29)27-16-21-7-6-20(4)15-24(21)32-23-8-11-31-18-23;/h6-7,15,19,22-23H,5,8-14,16-18H2,1-4H3,(H2,26,27,28);1H. The molecular formula is C25H43IN4O3. The molecule has 0 aliphatic carbocycles. The van der Waals surface area contributed by atoms with Crippen molar-refractivity contribution in [3.63, 3.8) is 0 Å². The predicted molar refractivity (Wildman–Crippen MR) is 145 cm³/mol. The highest BCUT2D eigenvalue weighted by Gasteiger charge is 2.22. The largest absolute Gasteiger partial charge is 0.488 e. The second-order valence-corrected chi connectivity index (χ2v) is 9.22. The Morgan fingerprint density at radius 1 is 1.18 bits per heavy atom. The molecule has 188 valence electrons. The summed E-state index contributed by atoms with van der Waals surface area (Å²) in [6.45, 7) is 16.2. The van der Waals surface area contributed by atoms with Crippen molar-refractivity contribution >= 4 is 29.9 Å². The summed E-state index contributed by atoms with van der Waals surface area (Å²) in [6.07, 6.45) is 2.24. The van der Waals surface area contributed by atoms with E-state index >= 15 is 0 Å². The Morgan fingerprint density at radius 3 is 2.64 bits per heavy atom. The normalized spacial score (nSPS) is 20.4. The summed E-state index contributed by atoms with van der Waals surface area (Å²) in [4.78, 5) is 7.44. The topological polar surface area (TPSA) is 67.4 Å². The van der Waals surface area contributed by atoms with Gasteiger partial charge < -0.3 is 24.8 Å². The van der Waals surface area contributed by atoms with Crippen LogP contribution in [0.2, 0.25) is 0 Å². The minimum absolute atomic E-state index is 0. The minimum Gasteiger partial charge on any atom is -0.488 e. The van der Waals surface area contributed by atoms with Gasteiger partial charge in [0, 0.05) is 44.2 Å². The maximum Gasteiger partial charge on any atom is 0.191 e. The fraction of sp³-hybridized carbons (Fsp3) is 0.720. The molecule has 0 saturated carbocycles. The molecule has 2 aliphatic rings. The first-order valence-electron chi connectivity index (χ1n) is 12.2. The van der Waals surface area contributed by atoms with Crippen molar-refractivity contribution < 1.29 is 14.2 Å². The molecule has 0 aromatic heterocycles. The van der Waals surface area contributed by atoms with Crippen molar-refractivity contribution in [2.45, 2.75) is 59.2 Å². The third kappa shape index (κ3) is 9.58. The van der Waals surface area contributed by atoms with E-state index in [-0.39, 0.29) is 30.1 Å². The molecule has 2 atom stereocenters. The SMILES string of the molecule is CCNC(=NCc1ccc(C)cc1OC1CCOC1)NCC(CC(C)C)N1CCOCC1.I. The molecule has 2 N–H and O–H groups in total. The first-order valence-corrected chi connectivity index (χ1v) is 12.2. The van der Waals surface area contributed by atoms with Gasteiger partial charge in [0.2, 0.25) is 0 Å². The summed E-state index contributed by atoms with van der Waals surface area (Å²) in [5, 5.41) is 7.00. The Morgan fingerprint density at radius 2 is 1.97 bits per heavy atom. The highest BCUT2D eigenvalue weighted by Crippen LogP contribution is 2.24. The van der Waals surface area contributed by atoms with Gasteiger partial charge in [0.15, 0.2) is 5.96 Å². The molecule has 0 amide bonds. The maximum atomic E-state index is 6.25. The lowest BCUT2D eigenvalue weighted by molar-refractivity contribution is 0.0132. The third-order valence-electron chi connectivity index (χ3n) is 5.97.